The van der Waals surface area contributed by atoms with Crippen LogP contribution in [0.1, 0.15) is 51.3 Å². The number of morpholine rings is 1. The molecule has 2 aromatic heterocycles. The van der Waals surface area contributed by atoms with E-state index < -0.39 is 0 Å². The summed E-state index contributed by atoms with van der Waals surface area (Å²) in [6.45, 7) is 11.5. The quantitative estimate of drug-likeness (QED) is 0.560. The van der Waals surface area contributed by atoms with Crippen LogP contribution < -0.4 is 21.3 Å². The summed E-state index contributed by atoms with van der Waals surface area (Å²) in [7, 11) is 0. The molecule has 2 aliphatic rings. The first kappa shape index (κ1) is 23.8. The molecule has 1 fully saturated rings. The Morgan fingerprint density at radius 2 is 1.58 bits per heavy atom. The van der Waals surface area contributed by atoms with Gasteiger partial charge in [0, 0.05) is 24.0 Å². The molecule has 5 rings (SSSR count). The smallest absolute Gasteiger partial charge is 0.237 e. The molecular weight excluding hydrogens is 454 g/mol. The second kappa shape index (κ2) is 8.35. The summed E-state index contributed by atoms with van der Waals surface area (Å²) < 4.78 is 5.86. The minimum absolute atomic E-state index is 0.0125. The number of nitrogens with zero attached hydrogens (tertiary/aromatic N) is 5. The summed E-state index contributed by atoms with van der Waals surface area (Å²) in [5, 5.41) is 11.3. The molecule has 1 aromatic carbocycles. The number of carbonyl (C=O) groups is 1. The average Bonchev–Trinajstić information content (AvgIpc) is 3.13. The van der Waals surface area contributed by atoms with E-state index in [0.29, 0.717) is 52.3 Å². The molecule has 4 N–H and O–H groups in total. The number of nitrogens with two attached hydrogens (primary N) is 2. The van der Waals surface area contributed by atoms with Gasteiger partial charge in [-0.25, -0.2) is 9.97 Å². The molecule has 1 saturated heterocycles. The summed E-state index contributed by atoms with van der Waals surface area (Å²) >= 11 is 0. The minimum Gasteiger partial charge on any atom is -0.383 e. The van der Waals surface area contributed by atoms with Crippen LogP contribution in [0, 0.1) is 11.3 Å². The highest BCUT2D eigenvalue weighted by Crippen LogP contribution is 2.44. The van der Waals surface area contributed by atoms with Gasteiger partial charge >= 0.3 is 0 Å². The van der Waals surface area contributed by atoms with Gasteiger partial charge in [0.05, 0.1) is 29.7 Å². The van der Waals surface area contributed by atoms with E-state index in [2.05, 4.69) is 36.8 Å². The topological polar surface area (TPSA) is 134 Å². The molecule has 0 unspecified atom stereocenters. The number of benzene rings is 1. The van der Waals surface area contributed by atoms with Crippen molar-refractivity contribution in [2.24, 2.45) is 0 Å². The molecule has 36 heavy (non-hydrogen) atoms. The van der Waals surface area contributed by atoms with Crippen LogP contribution in [0.2, 0.25) is 0 Å². The monoisotopic (exact) mass is 485 g/mol. The van der Waals surface area contributed by atoms with E-state index in [1.54, 1.807) is 4.90 Å². The van der Waals surface area contributed by atoms with Crippen LogP contribution >= 0.6 is 0 Å². The fraction of sp³-hybridized carbons (Fsp3) is 0.407. The first-order valence-electron chi connectivity index (χ1n) is 12.1. The highest BCUT2D eigenvalue weighted by Gasteiger charge is 2.36. The Balaban J connectivity index is 1.70. The van der Waals surface area contributed by atoms with Crippen molar-refractivity contribution in [3.05, 3.63) is 41.0 Å². The lowest BCUT2D eigenvalue weighted by Crippen LogP contribution is -2.46. The number of hydrogen-bond donors (Lipinski definition) is 2. The predicted molar refractivity (Wildman–Crippen MR) is 141 cm³/mol. The number of pyridine rings is 2. The number of fused-ring (bicyclic) bond motifs is 3. The molecular formula is C27H31N7O2. The molecule has 0 aliphatic carbocycles. The van der Waals surface area contributed by atoms with Gasteiger partial charge in [0.25, 0.3) is 0 Å². The number of carbonyl (C=O) groups excluding carboxylic acids is 1. The van der Waals surface area contributed by atoms with E-state index in [1.807, 2.05) is 43.0 Å². The highest BCUT2D eigenvalue weighted by atomic mass is 16.5. The van der Waals surface area contributed by atoms with Gasteiger partial charge in [-0.1, -0.05) is 32.9 Å². The third-order valence-electron chi connectivity index (χ3n) is 6.87. The SMILES string of the molecule is C[C@@H]1CN(c2nc(N)c3c(N)nc4c(c3c2C#N)CC(=O)N4c2ccc(C(C)(C)C)cc2)C[C@H](C)O1. The van der Waals surface area contributed by atoms with E-state index in [4.69, 9.17) is 16.2 Å². The largest absolute Gasteiger partial charge is 0.383 e. The van der Waals surface area contributed by atoms with Gasteiger partial charge < -0.3 is 21.1 Å². The molecule has 1 amide bonds. The Hall–Kier alpha value is -3.90. The fourth-order valence-electron chi connectivity index (χ4n) is 5.26. The van der Waals surface area contributed by atoms with Crippen molar-refractivity contribution in [2.45, 2.75) is 58.7 Å². The summed E-state index contributed by atoms with van der Waals surface area (Å²) in [4.78, 5) is 26.1. The maximum absolute atomic E-state index is 13.3. The highest BCUT2D eigenvalue weighted by molar-refractivity contribution is 6.15. The third kappa shape index (κ3) is 3.78. The molecule has 186 valence electrons. The van der Waals surface area contributed by atoms with E-state index in [9.17, 15) is 10.1 Å². The van der Waals surface area contributed by atoms with Crippen molar-refractivity contribution < 1.29 is 9.53 Å². The van der Waals surface area contributed by atoms with Gasteiger partial charge in [0.15, 0.2) is 0 Å². The van der Waals surface area contributed by atoms with Gasteiger partial charge in [0.2, 0.25) is 5.91 Å². The molecule has 0 radical (unpaired) electrons. The second-order valence-corrected chi connectivity index (χ2v) is 10.7. The zero-order valence-electron chi connectivity index (χ0n) is 21.3. The van der Waals surface area contributed by atoms with Gasteiger partial charge in [-0.15, -0.1) is 0 Å². The number of aromatic nitrogens is 2. The number of nitriles is 1. The molecule has 9 nitrogen and oxygen atoms in total. The van der Waals surface area contributed by atoms with Crippen molar-refractivity contribution in [1.82, 2.24) is 9.97 Å². The van der Waals surface area contributed by atoms with Crippen molar-refractivity contribution in [1.29, 1.82) is 5.26 Å². The lowest BCUT2D eigenvalue weighted by molar-refractivity contribution is -0.116. The lowest BCUT2D eigenvalue weighted by atomic mass is 9.87. The van der Waals surface area contributed by atoms with Crippen molar-refractivity contribution in [2.75, 3.05) is 34.4 Å². The zero-order valence-corrected chi connectivity index (χ0v) is 21.3. The Bertz CT molecular complexity index is 1410. The molecule has 2 aliphatic heterocycles. The first-order valence-corrected chi connectivity index (χ1v) is 12.1. The molecule has 0 saturated carbocycles. The minimum atomic E-state index is -0.137. The van der Waals surface area contributed by atoms with Crippen molar-refractivity contribution in [3.8, 4) is 6.07 Å². The van der Waals surface area contributed by atoms with Crippen molar-refractivity contribution >= 4 is 45.6 Å². The molecule has 4 heterocycles. The fourth-order valence-corrected chi connectivity index (χ4v) is 5.26. The maximum atomic E-state index is 13.3. The van der Waals surface area contributed by atoms with Crippen LogP contribution in [0.25, 0.3) is 10.8 Å². The summed E-state index contributed by atoms with van der Waals surface area (Å²) in [6.07, 6.45) is 0.0360. The second-order valence-electron chi connectivity index (χ2n) is 10.7. The van der Waals surface area contributed by atoms with E-state index in [-0.39, 0.29) is 41.6 Å². The number of hydrogen-bond acceptors (Lipinski definition) is 8. The third-order valence-corrected chi connectivity index (χ3v) is 6.87. The maximum Gasteiger partial charge on any atom is 0.237 e. The summed E-state index contributed by atoms with van der Waals surface area (Å²) in [5.41, 5.74) is 15.6. The zero-order chi connectivity index (χ0) is 25.9. The number of amides is 1. The normalized spacial score (nSPS) is 20.1. The first-order chi connectivity index (χ1) is 17.0. The number of nitrogen functional groups attached to an aromatic ring is 2. The van der Waals surface area contributed by atoms with Crippen LogP contribution in [0.5, 0.6) is 0 Å². The summed E-state index contributed by atoms with van der Waals surface area (Å²) in [6, 6.07) is 10.2. The Kier molecular flexibility index (Phi) is 5.52. The van der Waals surface area contributed by atoms with Crippen LogP contribution in [-0.2, 0) is 21.4 Å². The van der Waals surface area contributed by atoms with Crippen LogP contribution in [-0.4, -0.2) is 41.2 Å². The van der Waals surface area contributed by atoms with Crippen LogP contribution in [0.4, 0.5) is 29.0 Å². The lowest BCUT2D eigenvalue weighted by Gasteiger charge is -2.36. The number of rotatable bonds is 2. The summed E-state index contributed by atoms with van der Waals surface area (Å²) in [5.74, 6) is 1.12. The Morgan fingerprint density at radius 1 is 1.00 bits per heavy atom. The molecule has 0 bridgehead atoms. The molecule has 2 atom stereocenters. The van der Waals surface area contributed by atoms with Crippen LogP contribution in [0.15, 0.2) is 24.3 Å². The van der Waals surface area contributed by atoms with Crippen LogP contribution in [0.3, 0.4) is 0 Å². The molecule has 3 aromatic rings. The molecule has 9 heteroatoms. The van der Waals surface area contributed by atoms with E-state index >= 15 is 0 Å². The Morgan fingerprint density at radius 3 is 2.14 bits per heavy atom. The van der Waals surface area contributed by atoms with Gasteiger partial charge in [-0.05, 0) is 37.0 Å². The average molecular weight is 486 g/mol. The number of anilines is 5. The van der Waals surface area contributed by atoms with E-state index in [1.165, 1.54) is 0 Å². The van der Waals surface area contributed by atoms with E-state index in [0.717, 1.165) is 5.56 Å². The van der Waals surface area contributed by atoms with Gasteiger partial charge in [-0.3, -0.25) is 9.69 Å². The van der Waals surface area contributed by atoms with Crippen molar-refractivity contribution in [3.63, 3.8) is 0 Å². The van der Waals surface area contributed by atoms with Gasteiger partial charge in [-0.2, -0.15) is 5.26 Å². The molecule has 0 spiro atoms. The number of ether oxygens (including phenoxy) is 1. The predicted octanol–water partition coefficient (Wildman–Crippen LogP) is 3.80. The Labute approximate surface area is 210 Å². The van der Waals surface area contributed by atoms with Gasteiger partial charge in [0.1, 0.15) is 34.9 Å². The standard InChI is InChI=1S/C27H31N7O2/c1-14-12-33(13-15(2)36-14)25-19(11-28)21-18-10-20(35)34(17-8-6-16(7-9-17)27(3,4)5)26(18)32-24(30)22(21)23(29)31-25/h6-9,14-15H,10,12-13H2,1-5H3,(H2,29,31)(H2,30,32)/t14-,15+.